The van der Waals surface area contributed by atoms with Crippen LogP contribution in [-0.2, 0) is 4.74 Å². The lowest BCUT2D eigenvalue weighted by molar-refractivity contribution is 0.223. The van der Waals surface area contributed by atoms with E-state index in [-0.39, 0.29) is 0 Å². The molecule has 0 aromatic heterocycles. The minimum Gasteiger partial charge on any atom is -0.498 e. The van der Waals surface area contributed by atoms with E-state index in [1.165, 1.54) is 0 Å². The summed E-state index contributed by atoms with van der Waals surface area (Å²) < 4.78 is 17.5. The van der Waals surface area contributed by atoms with E-state index in [2.05, 4.69) is 0 Å². The standard InChI is InChI=1S/C8H13FO/c1-7(9)4-5-8-3-2-6-10-8/h3,7H,2,4-6H2,1H3. The Kier molecular flexibility index (Phi) is 2.72. The monoisotopic (exact) mass is 144 g/mol. The maximum atomic E-state index is 12.3. The Morgan fingerprint density at radius 3 is 3.10 bits per heavy atom. The van der Waals surface area contributed by atoms with Gasteiger partial charge in [-0.1, -0.05) is 0 Å². The van der Waals surface area contributed by atoms with Crippen LogP contribution < -0.4 is 0 Å². The summed E-state index contributed by atoms with van der Waals surface area (Å²) in [4.78, 5) is 0. The quantitative estimate of drug-likeness (QED) is 0.591. The molecule has 0 aromatic carbocycles. The molecule has 0 amide bonds. The lowest BCUT2D eigenvalue weighted by atomic mass is 10.2. The average Bonchev–Trinajstić information content (AvgIpc) is 2.34. The second-order valence-electron chi connectivity index (χ2n) is 2.63. The molecule has 1 rings (SSSR count). The zero-order chi connectivity index (χ0) is 7.40. The molecular weight excluding hydrogens is 131 g/mol. The zero-order valence-electron chi connectivity index (χ0n) is 6.27. The van der Waals surface area contributed by atoms with Gasteiger partial charge in [-0.3, -0.25) is 0 Å². The van der Waals surface area contributed by atoms with Gasteiger partial charge in [0.15, 0.2) is 0 Å². The Morgan fingerprint density at radius 2 is 2.60 bits per heavy atom. The van der Waals surface area contributed by atoms with Gasteiger partial charge in [0.2, 0.25) is 0 Å². The van der Waals surface area contributed by atoms with Crippen molar-refractivity contribution in [3.05, 3.63) is 11.8 Å². The summed E-state index contributed by atoms with van der Waals surface area (Å²) in [7, 11) is 0. The minimum atomic E-state index is -0.704. The zero-order valence-corrected chi connectivity index (χ0v) is 6.27. The molecule has 58 valence electrons. The predicted octanol–water partition coefficient (Wildman–Crippen LogP) is 2.43. The second kappa shape index (κ2) is 3.59. The van der Waals surface area contributed by atoms with Gasteiger partial charge in [0.05, 0.1) is 18.5 Å². The number of ether oxygens (including phenoxy) is 1. The summed E-state index contributed by atoms with van der Waals surface area (Å²) in [5, 5.41) is 0. The molecular formula is C8H13FO. The van der Waals surface area contributed by atoms with Gasteiger partial charge in [-0.05, 0) is 19.4 Å². The van der Waals surface area contributed by atoms with Crippen LogP contribution in [0.2, 0.25) is 0 Å². The van der Waals surface area contributed by atoms with Crippen molar-refractivity contribution in [3.63, 3.8) is 0 Å². The van der Waals surface area contributed by atoms with Crippen molar-refractivity contribution < 1.29 is 9.13 Å². The SMILES string of the molecule is CC(F)CCC1=CCCO1. The van der Waals surface area contributed by atoms with Gasteiger partial charge < -0.3 is 4.74 Å². The van der Waals surface area contributed by atoms with E-state index in [4.69, 9.17) is 4.74 Å². The van der Waals surface area contributed by atoms with E-state index < -0.39 is 6.17 Å². The molecule has 0 N–H and O–H groups in total. The first kappa shape index (κ1) is 7.58. The van der Waals surface area contributed by atoms with E-state index >= 15 is 0 Å². The summed E-state index contributed by atoms with van der Waals surface area (Å²) in [6.07, 6.45) is 3.69. The third-order valence-corrected chi connectivity index (χ3v) is 1.57. The first-order valence-corrected chi connectivity index (χ1v) is 3.75. The van der Waals surface area contributed by atoms with Gasteiger partial charge in [-0.2, -0.15) is 0 Å². The normalized spacial score (nSPS) is 20.0. The number of hydrogen-bond acceptors (Lipinski definition) is 1. The summed E-state index contributed by atoms with van der Waals surface area (Å²) >= 11 is 0. The van der Waals surface area contributed by atoms with Crippen LogP contribution in [0.5, 0.6) is 0 Å². The topological polar surface area (TPSA) is 9.23 Å². The van der Waals surface area contributed by atoms with Crippen LogP contribution in [0.15, 0.2) is 11.8 Å². The number of allylic oxidation sites excluding steroid dienone is 1. The molecule has 1 unspecified atom stereocenters. The molecule has 10 heavy (non-hydrogen) atoms. The molecule has 0 aromatic rings. The molecule has 1 heterocycles. The van der Waals surface area contributed by atoms with E-state index in [1.54, 1.807) is 6.92 Å². The molecule has 1 atom stereocenters. The molecule has 0 bridgehead atoms. The summed E-state index contributed by atoms with van der Waals surface area (Å²) in [5.41, 5.74) is 0. The van der Waals surface area contributed by atoms with Crippen molar-refractivity contribution in [2.24, 2.45) is 0 Å². The number of hydrogen-bond donors (Lipinski definition) is 0. The van der Waals surface area contributed by atoms with Crippen molar-refractivity contribution in [2.45, 2.75) is 32.4 Å². The van der Waals surface area contributed by atoms with Crippen molar-refractivity contribution in [1.82, 2.24) is 0 Å². The Balaban J connectivity index is 2.13. The highest BCUT2D eigenvalue weighted by molar-refractivity contribution is 4.97. The lowest BCUT2D eigenvalue weighted by Gasteiger charge is -2.03. The molecule has 0 radical (unpaired) electrons. The fourth-order valence-corrected chi connectivity index (χ4v) is 0.984. The van der Waals surface area contributed by atoms with Crippen LogP contribution >= 0.6 is 0 Å². The Bertz CT molecular complexity index is 129. The van der Waals surface area contributed by atoms with Gasteiger partial charge >= 0.3 is 0 Å². The van der Waals surface area contributed by atoms with Crippen LogP contribution in [0.1, 0.15) is 26.2 Å². The Hall–Kier alpha value is -0.530. The lowest BCUT2D eigenvalue weighted by Crippen LogP contribution is -1.94. The maximum Gasteiger partial charge on any atom is 0.0977 e. The molecule has 0 aliphatic carbocycles. The number of alkyl halides is 1. The van der Waals surface area contributed by atoms with Gasteiger partial charge in [0, 0.05) is 12.8 Å². The molecule has 1 aliphatic rings. The summed E-state index contributed by atoms with van der Waals surface area (Å²) in [5.74, 6) is 0.976. The Labute approximate surface area is 60.9 Å². The Morgan fingerprint density at radius 1 is 1.80 bits per heavy atom. The summed E-state index contributed by atoms with van der Waals surface area (Å²) in [6, 6.07) is 0. The third-order valence-electron chi connectivity index (χ3n) is 1.57. The fourth-order valence-electron chi connectivity index (χ4n) is 0.984. The van der Waals surface area contributed by atoms with Gasteiger partial charge in [-0.25, -0.2) is 4.39 Å². The van der Waals surface area contributed by atoms with E-state index in [0.717, 1.165) is 25.2 Å². The number of halogens is 1. The van der Waals surface area contributed by atoms with Crippen LogP contribution in [0.4, 0.5) is 4.39 Å². The molecule has 1 aliphatic heterocycles. The van der Waals surface area contributed by atoms with Crippen molar-refractivity contribution in [2.75, 3.05) is 6.61 Å². The van der Waals surface area contributed by atoms with Gasteiger partial charge in [-0.15, -0.1) is 0 Å². The third kappa shape index (κ3) is 2.38. The number of rotatable bonds is 3. The minimum absolute atomic E-state index is 0.589. The van der Waals surface area contributed by atoms with Crippen molar-refractivity contribution in [3.8, 4) is 0 Å². The van der Waals surface area contributed by atoms with Crippen LogP contribution in [0.25, 0.3) is 0 Å². The van der Waals surface area contributed by atoms with Crippen LogP contribution in [0, 0.1) is 0 Å². The second-order valence-corrected chi connectivity index (χ2v) is 2.63. The highest BCUT2D eigenvalue weighted by atomic mass is 19.1. The van der Waals surface area contributed by atoms with Crippen molar-refractivity contribution >= 4 is 0 Å². The molecule has 0 saturated heterocycles. The summed E-state index contributed by atoms with van der Waals surface area (Å²) in [6.45, 7) is 2.37. The fraction of sp³-hybridized carbons (Fsp3) is 0.750. The molecule has 2 heteroatoms. The highest BCUT2D eigenvalue weighted by Gasteiger charge is 2.06. The first-order chi connectivity index (χ1) is 4.79. The van der Waals surface area contributed by atoms with Gasteiger partial charge in [0.25, 0.3) is 0 Å². The van der Waals surface area contributed by atoms with Crippen LogP contribution in [0.3, 0.4) is 0 Å². The maximum absolute atomic E-state index is 12.3. The van der Waals surface area contributed by atoms with Crippen molar-refractivity contribution in [1.29, 1.82) is 0 Å². The van der Waals surface area contributed by atoms with E-state index in [0.29, 0.717) is 6.42 Å². The molecule has 1 nitrogen and oxygen atoms in total. The predicted molar refractivity (Wildman–Crippen MR) is 38.5 cm³/mol. The van der Waals surface area contributed by atoms with E-state index in [9.17, 15) is 4.39 Å². The van der Waals surface area contributed by atoms with Crippen LogP contribution in [-0.4, -0.2) is 12.8 Å². The molecule has 0 spiro atoms. The smallest absolute Gasteiger partial charge is 0.0977 e. The largest absolute Gasteiger partial charge is 0.498 e. The van der Waals surface area contributed by atoms with E-state index in [1.807, 2.05) is 6.08 Å². The molecule has 0 fully saturated rings. The highest BCUT2D eigenvalue weighted by Crippen LogP contribution is 2.16. The first-order valence-electron chi connectivity index (χ1n) is 3.75. The van der Waals surface area contributed by atoms with Gasteiger partial charge in [0.1, 0.15) is 0 Å². The molecule has 0 saturated carbocycles. The average molecular weight is 144 g/mol.